The van der Waals surface area contributed by atoms with Gasteiger partial charge in [-0.3, -0.25) is 0 Å². The van der Waals surface area contributed by atoms with Crippen LogP contribution in [0.5, 0.6) is 0 Å². The first-order chi connectivity index (χ1) is 26.0. The van der Waals surface area contributed by atoms with Gasteiger partial charge in [-0.2, -0.15) is 0 Å². The van der Waals surface area contributed by atoms with Crippen LogP contribution < -0.4 is 0 Å². The smallest absolute Gasteiger partial charge is 0.0619 e. The Kier molecular flexibility index (Phi) is 6.53. The number of hydrogen-bond acceptors (Lipinski definition) is 1. The average molecular weight is 694 g/mol. The zero-order chi connectivity index (χ0) is 35.3. The summed E-state index contributed by atoms with van der Waals surface area (Å²) in [5.41, 5.74) is 16.6. The molecule has 0 saturated heterocycles. The molecule has 10 aromatic rings. The molecular formula is C51H35NS. The number of benzene rings is 8. The average Bonchev–Trinajstić information content (AvgIpc) is 3.84. The summed E-state index contributed by atoms with van der Waals surface area (Å²) in [6.07, 6.45) is 0. The van der Waals surface area contributed by atoms with Gasteiger partial charge in [0, 0.05) is 47.6 Å². The van der Waals surface area contributed by atoms with Gasteiger partial charge in [-0.25, -0.2) is 0 Å². The first-order valence-electron chi connectivity index (χ1n) is 18.4. The second kappa shape index (κ2) is 11.4. The van der Waals surface area contributed by atoms with E-state index in [2.05, 4.69) is 194 Å². The van der Waals surface area contributed by atoms with Gasteiger partial charge in [0.1, 0.15) is 0 Å². The van der Waals surface area contributed by atoms with Gasteiger partial charge < -0.3 is 4.57 Å². The van der Waals surface area contributed by atoms with Crippen LogP contribution in [0.1, 0.15) is 25.0 Å². The van der Waals surface area contributed by atoms with E-state index in [0.29, 0.717) is 0 Å². The van der Waals surface area contributed by atoms with Crippen molar-refractivity contribution in [1.82, 2.24) is 4.57 Å². The molecule has 250 valence electrons. The van der Waals surface area contributed by atoms with Crippen molar-refractivity contribution in [2.24, 2.45) is 0 Å². The lowest BCUT2D eigenvalue weighted by Gasteiger charge is -2.22. The molecule has 0 fully saturated rings. The minimum absolute atomic E-state index is 0.0212. The zero-order valence-electron chi connectivity index (χ0n) is 29.6. The summed E-state index contributed by atoms with van der Waals surface area (Å²) < 4.78 is 5.14. The Morgan fingerprint density at radius 3 is 1.94 bits per heavy atom. The molecule has 0 amide bonds. The number of thiophene rings is 1. The summed E-state index contributed by atoms with van der Waals surface area (Å²) in [6, 6.07) is 65.3. The van der Waals surface area contributed by atoms with Crippen LogP contribution in [-0.2, 0) is 5.41 Å². The summed E-state index contributed by atoms with van der Waals surface area (Å²) in [7, 11) is 0. The molecule has 0 bridgehead atoms. The number of nitrogens with zero attached hydrogens (tertiary/aromatic N) is 1. The van der Waals surface area contributed by atoms with Gasteiger partial charge in [-0.15, -0.1) is 11.3 Å². The first-order valence-corrected chi connectivity index (χ1v) is 19.2. The van der Waals surface area contributed by atoms with Gasteiger partial charge in [0.15, 0.2) is 0 Å². The number of rotatable bonds is 4. The Morgan fingerprint density at radius 1 is 0.415 bits per heavy atom. The lowest BCUT2D eigenvalue weighted by atomic mass is 9.81. The third kappa shape index (κ3) is 4.49. The maximum absolute atomic E-state index is 2.47. The van der Waals surface area contributed by atoms with E-state index < -0.39 is 0 Å². The molecule has 0 unspecified atom stereocenters. The van der Waals surface area contributed by atoms with E-state index in [1.807, 2.05) is 11.3 Å². The van der Waals surface area contributed by atoms with Crippen LogP contribution in [0.3, 0.4) is 0 Å². The molecule has 0 radical (unpaired) electrons. The lowest BCUT2D eigenvalue weighted by molar-refractivity contribution is 0.660. The molecule has 8 aromatic carbocycles. The SMILES string of the molecule is CC1(C)c2ccccc2-c2ccc(-c3ccc(-c4cccc5c6ccccc6n(-c6cccc(-c7cccc8c7sc7ccccc78)c6)c45)cc3)cc21. The molecule has 0 spiro atoms. The molecule has 11 rings (SSSR count). The topological polar surface area (TPSA) is 4.93 Å². The number of para-hydroxylation sites is 2. The van der Waals surface area contributed by atoms with Crippen molar-refractivity contribution in [1.29, 1.82) is 0 Å². The summed E-state index contributed by atoms with van der Waals surface area (Å²) in [5.74, 6) is 0. The molecule has 0 saturated carbocycles. The van der Waals surface area contributed by atoms with Crippen LogP contribution in [0.2, 0.25) is 0 Å². The highest BCUT2D eigenvalue weighted by molar-refractivity contribution is 7.26. The number of aromatic nitrogens is 1. The van der Waals surface area contributed by atoms with Crippen molar-refractivity contribution in [3.05, 3.63) is 187 Å². The van der Waals surface area contributed by atoms with Crippen molar-refractivity contribution >= 4 is 53.3 Å². The Labute approximate surface area is 313 Å². The Balaban J connectivity index is 1.04. The largest absolute Gasteiger partial charge is 0.309 e. The molecule has 0 aliphatic heterocycles. The van der Waals surface area contributed by atoms with Crippen LogP contribution in [0, 0.1) is 0 Å². The third-order valence-corrected chi connectivity index (χ3v) is 12.8. The Hall–Kier alpha value is -6.22. The van der Waals surface area contributed by atoms with E-state index in [-0.39, 0.29) is 5.41 Å². The summed E-state index contributed by atoms with van der Waals surface area (Å²) in [4.78, 5) is 0. The van der Waals surface area contributed by atoms with E-state index in [1.54, 1.807) is 0 Å². The Morgan fingerprint density at radius 2 is 1.06 bits per heavy atom. The molecule has 1 nitrogen and oxygen atoms in total. The van der Waals surface area contributed by atoms with E-state index in [1.165, 1.54) is 97.6 Å². The molecule has 53 heavy (non-hydrogen) atoms. The molecule has 2 heterocycles. The van der Waals surface area contributed by atoms with Crippen LogP contribution in [0.15, 0.2) is 176 Å². The van der Waals surface area contributed by atoms with Crippen molar-refractivity contribution in [3.8, 4) is 50.2 Å². The van der Waals surface area contributed by atoms with Crippen LogP contribution in [0.4, 0.5) is 0 Å². The molecular weight excluding hydrogens is 659 g/mol. The molecule has 2 heteroatoms. The predicted octanol–water partition coefficient (Wildman–Crippen LogP) is 14.5. The minimum Gasteiger partial charge on any atom is -0.309 e. The van der Waals surface area contributed by atoms with Crippen LogP contribution in [-0.4, -0.2) is 4.57 Å². The molecule has 0 atom stereocenters. The predicted molar refractivity (Wildman–Crippen MR) is 228 cm³/mol. The van der Waals surface area contributed by atoms with Gasteiger partial charge >= 0.3 is 0 Å². The van der Waals surface area contributed by atoms with Gasteiger partial charge in [0.05, 0.1) is 11.0 Å². The Bertz CT molecular complexity index is 3080. The van der Waals surface area contributed by atoms with E-state index in [9.17, 15) is 0 Å². The third-order valence-electron chi connectivity index (χ3n) is 11.6. The van der Waals surface area contributed by atoms with Crippen LogP contribution in [0.25, 0.3) is 92.2 Å². The van der Waals surface area contributed by atoms with Gasteiger partial charge in [-0.1, -0.05) is 159 Å². The first kappa shape index (κ1) is 30.4. The normalized spacial score (nSPS) is 13.2. The summed E-state index contributed by atoms with van der Waals surface area (Å²) in [6.45, 7) is 4.70. The van der Waals surface area contributed by atoms with Gasteiger partial charge in [0.2, 0.25) is 0 Å². The fraction of sp³-hybridized carbons (Fsp3) is 0.0588. The fourth-order valence-electron chi connectivity index (χ4n) is 9.03. The fourth-order valence-corrected chi connectivity index (χ4v) is 10.3. The lowest BCUT2D eigenvalue weighted by Crippen LogP contribution is -2.14. The van der Waals surface area contributed by atoms with E-state index in [4.69, 9.17) is 0 Å². The second-order valence-electron chi connectivity index (χ2n) is 14.9. The zero-order valence-corrected chi connectivity index (χ0v) is 30.4. The van der Waals surface area contributed by atoms with Crippen molar-refractivity contribution in [3.63, 3.8) is 0 Å². The monoisotopic (exact) mass is 693 g/mol. The van der Waals surface area contributed by atoms with E-state index in [0.717, 1.165) is 5.69 Å². The highest BCUT2D eigenvalue weighted by Gasteiger charge is 2.35. The van der Waals surface area contributed by atoms with Gasteiger partial charge in [0.25, 0.3) is 0 Å². The van der Waals surface area contributed by atoms with Crippen molar-refractivity contribution in [2.45, 2.75) is 19.3 Å². The number of hydrogen-bond donors (Lipinski definition) is 0. The van der Waals surface area contributed by atoms with Crippen LogP contribution >= 0.6 is 11.3 Å². The quantitative estimate of drug-likeness (QED) is 0.173. The van der Waals surface area contributed by atoms with Crippen molar-refractivity contribution in [2.75, 3.05) is 0 Å². The summed E-state index contributed by atoms with van der Waals surface area (Å²) >= 11 is 1.89. The van der Waals surface area contributed by atoms with E-state index >= 15 is 0 Å². The minimum atomic E-state index is -0.0212. The highest BCUT2D eigenvalue weighted by atomic mass is 32.1. The second-order valence-corrected chi connectivity index (χ2v) is 15.9. The molecule has 1 aliphatic carbocycles. The summed E-state index contributed by atoms with van der Waals surface area (Å²) in [5, 5.41) is 5.18. The molecule has 1 aliphatic rings. The van der Waals surface area contributed by atoms with Crippen molar-refractivity contribution < 1.29 is 0 Å². The standard InChI is InChI=1S/C51H35NS/c1-51(2)45-21-6-3-14-39(45)40-29-28-34(31-46(40)51)32-24-26-33(27-25-32)37-17-10-19-43-41-15-4-7-22-47(41)52(49(37)43)36-13-9-12-35(30-36)38-18-11-20-44-42-16-5-8-23-48(42)53-50(38)44/h3-31H,1-2H3. The highest BCUT2D eigenvalue weighted by Crippen LogP contribution is 2.50. The number of fused-ring (bicyclic) bond motifs is 9. The van der Waals surface area contributed by atoms with Gasteiger partial charge in [-0.05, 0) is 80.4 Å². The maximum atomic E-state index is 2.47. The molecule has 0 N–H and O–H groups in total. The maximum Gasteiger partial charge on any atom is 0.0619 e. The molecule has 2 aromatic heterocycles.